The van der Waals surface area contributed by atoms with Gasteiger partial charge in [0.05, 0.1) is 0 Å². The maximum Gasteiger partial charge on any atom is 0.330 e. The maximum absolute atomic E-state index is 9.60. The van der Waals surface area contributed by atoms with Gasteiger partial charge in [-0.1, -0.05) is 6.58 Å². The molecule has 2 bridgehead atoms. The molecular formula is C15H24O3. The van der Waals surface area contributed by atoms with E-state index in [1.165, 1.54) is 39.0 Å². The first-order valence-electron chi connectivity index (χ1n) is 7.04. The Morgan fingerprint density at radius 3 is 2.39 bits per heavy atom. The van der Waals surface area contributed by atoms with E-state index >= 15 is 0 Å². The summed E-state index contributed by atoms with van der Waals surface area (Å²) in [5.41, 5.74) is 0.176. The Balaban J connectivity index is 0.000000174. The number of aliphatic hydroxyl groups excluding tert-OH is 1. The van der Waals surface area contributed by atoms with Gasteiger partial charge in [-0.25, -0.2) is 4.79 Å². The first-order valence-corrected chi connectivity index (χ1v) is 7.04. The highest BCUT2D eigenvalue weighted by Gasteiger charge is 2.52. The minimum absolute atomic E-state index is 0.176. The van der Waals surface area contributed by atoms with E-state index in [1.54, 1.807) is 0 Å². The van der Waals surface area contributed by atoms with Crippen molar-refractivity contribution >= 4 is 5.97 Å². The average molecular weight is 252 g/mol. The zero-order valence-electron chi connectivity index (χ0n) is 11.1. The van der Waals surface area contributed by atoms with E-state index in [-0.39, 0.29) is 5.57 Å². The summed E-state index contributed by atoms with van der Waals surface area (Å²) in [4.78, 5) is 9.60. The number of carboxylic acid groups (broad SMARTS) is 1. The third-order valence-corrected chi connectivity index (χ3v) is 5.17. The number of carbonyl (C=O) groups is 1. The smallest absolute Gasteiger partial charge is 0.330 e. The van der Waals surface area contributed by atoms with Crippen LogP contribution in [0.2, 0.25) is 0 Å². The molecule has 3 rings (SSSR count). The van der Waals surface area contributed by atoms with Crippen LogP contribution >= 0.6 is 0 Å². The van der Waals surface area contributed by atoms with Crippen molar-refractivity contribution in [2.24, 2.45) is 29.6 Å². The lowest BCUT2D eigenvalue weighted by molar-refractivity contribution is -0.132. The molecule has 3 saturated carbocycles. The fourth-order valence-corrected chi connectivity index (χ4v) is 4.43. The summed E-state index contributed by atoms with van der Waals surface area (Å²) in [5, 5.41) is 17.1. The number of fused-ring (bicyclic) bond motifs is 5. The standard InChI is InChI=1S/C11H18O.C4H6O2/c12-6-9-3-4-10-7-1-2-8(5-7)11(9)10;1-3(2)4(5)6/h7-12H,1-6H2;1H2,2H3,(H,5,6). The Labute approximate surface area is 109 Å². The number of aliphatic hydroxyl groups is 1. The van der Waals surface area contributed by atoms with Crippen LogP contribution in [-0.4, -0.2) is 22.8 Å². The highest BCUT2D eigenvalue weighted by atomic mass is 16.4. The second kappa shape index (κ2) is 5.43. The number of carboxylic acids is 1. The van der Waals surface area contributed by atoms with Gasteiger partial charge in [0.1, 0.15) is 0 Å². The van der Waals surface area contributed by atoms with Gasteiger partial charge in [0.25, 0.3) is 0 Å². The Morgan fingerprint density at radius 2 is 1.83 bits per heavy atom. The molecule has 3 fully saturated rings. The molecule has 0 radical (unpaired) electrons. The number of rotatable bonds is 2. The van der Waals surface area contributed by atoms with Crippen molar-refractivity contribution in [1.82, 2.24) is 0 Å². The molecular weight excluding hydrogens is 228 g/mol. The van der Waals surface area contributed by atoms with E-state index in [0.29, 0.717) is 12.5 Å². The van der Waals surface area contributed by atoms with E-state index in [9.17, 15) is 9.90 Å². The number of hydrogen-bond donors (Lipinski definition) is 2. The van der Waals surface area contributed by atoms with Crippen molar-refractivity contribution in [1.29, 1.82) is 0 Å². The number of aliphatic carboxylic acids is 1. The lowest BCUT2D eigenvalue weighted by Gasteiger charge is -2.27. The van der Waals surface area contributed by atoms with Crippen LogP contribution in [0.25, 0.3) is 0 Å². The van der Waals surface area contributed by atoms with E-state index in [2.05, 4.69) is 6.58 Å². The summed E-state index contributed by atoms with van der Waals surface area (Å²) >= 11 is 0. The average Bonchev–Trinajstić information content (AvgIpc) is 3.02. The molecule has 102 valence electrons. The molecule has 0 aliphatic heterocycles. The molecule has 0 aromatic rings. The normalized spacial score (nSPS) is 40.0. The largest absolute Gasteiger partial charge is 0.478 e. The Hall–Kier alpha value is -0.830. The van der Waals surface area contributed by atoms with Crippen LogP contribution in [0.15, 0.2) is 12.2 Å². The molecule has 5 unspecified atom stereocenters. The van der Waals surface area contributed by atoms with Crippen molar-refractivity contribution in [3.63, 3.8) is 0 Å². The van der Waals surface area contributed by atoms with Gasteiger partial charge in [-0.2, -0.15) is 0 Å². The quantitative estimate of drug-likeness (QED) is 0.743. The SMILES string of the molecule is C=C(C)C(=O)O.OCC1CCC2C3CCC(C3)C12. The van der Waals surface area contributed by atoms with E-state index in [0.717, 1.165) is 23.7 Å². The van der Waals surface area contributed by atoms with Gasteiger partial charge in [-0.15, -0.1) is 0 Å². The minimum Gasteiger partial charge on any atom is -0.478 e. The van der Waals surface area contributed by atoms with Crippen molar-refractivity contribution in [2.45, 2.75) is 39.0 Å². The highest BCUT2D eigenvalue weighted by molar-refractivity contribution is 5.84. The fraction of sp³-hybridized carbons (Fsp3) is 0.800. The Kier molecular flexibility index (Phi) is 4.10. The van der Waals surface area contributed by atoms with Crippen LogP contribution in [0.1, 0.15) is 39.0 Å². The fourth-order valence-electron chi connectivity index (χ4n) is 4.43. The first-order chi connectivity index (χ1) is 8.54. The van der Waals surface area contributed by atoms with Crippen molar-refractivity contribution in [3.8, 4) is 0 Å². The molecule has 0 heterocycles. The van der Waals surface area contributed by atoms with Crippen LogP contribution in [0.5, 0.6) is 0 Å². The van der Waals surface area contributed by atoms with Gasteiger partial charge in [0.15, 0.2) is 0 Å². The van der Waals surface area contributed by atoms with Crippen LogP contribution in [0.4, 0.5) is 0 Å². The topological polar surface area (TPSA) is 57.5 Å². The summed E-state index contributed by atoms with van der Waals surface area (Å²) in [7, 11) is 0. The molecule has 3 aliphatic rings. The van der Waals surface area contributed by atoms with Crippen molar-refractivity contribution in [3.05, 3.63) is 12.2 Å². The van der Waals surface area contributed by atoms with Gasteiger partial charge < -0.3 is 10.2 Å². The van der Waals surface area contributed by atoms with Gasteiger partial charge in [0.2, 0.25) is 0 Å². The lowest BCUT2D eigenvalue weighted by Crippen LogP contribution is -2.23. The second-order valence-electron chi connectivity index (χ2n) is 6.18. The van der Waals surface area contributed by atoms with Crippen LogP contribution in [0, 0.1) is 29.6 Å². The van der Waals surface area contributed by atoms with Crippen LogP contribution in [0.3, 0.4) is 0 Å². The zero-order valence-corrected chi connectivity index (χ0v) is 11.1. The monoisotopic (exact) mass is 252 g/mol. The van der Waals surface area contributed by atoms with Gasteiger partial charge >= 0.3 is 5.97 Å². The molecule has 5 atom stereocenters. The third kappa shape index (κ3) is 2.46. The summed E-state index contributed by atoms with van der Waals surface area (Å²) < 4.78 is 0. The maximum atomic E-state index is 9.60. The van der Waals surface area contributed by atoms with E-state index in [4.69, 9.17) is 5.11 Å². The van der Waals surface area contributed by atoms with E-state index in [1.807, 2.05) is 0 Å². The predicted molar refractivity (Wildman–Crippen MR) is 70.1 cm³/mol. The summed E-state index contributed by atoms with van der Waals surface area (Å²) in [6.45, 7) is 5.06. The molecule has 0 spiro atoms. The molecule has 18 heavy (non-hydrogen) atoms. The molecule has 3 heteroatoms. The molecule has 3 nitrogen and oxygen atoms in total. The third-order valence-electron chi connectivity index (χ3n) is 5.17. The Morgan fingerprint density at radius 1 is 1.22 bits per heavy atom. The minimum atomic E-state index is -0.935. The second-order valence-corrected chi connectivity index (χ2v) is 6.18. The molecule has 0 saturated heterocycles. The van der Waals surface area contributed by atoms with Crippen molar-refractivity contribution < 1.29 is 15.0 Å². The number of hydrogen-bond acceptors (Lipinski definition) is 2. The molecule has 0 aromatic carbocycles. The van der Waals surface area contributed by atoms with Crippen molar-refractivity contribution in [2.75, 3.05) is 6.61 Å². The van der Waals surface area contributed by atoms with Gasteiger partial charge in [-0.3, -0.25) is 0 Å². The highest BCUT2D eigenvalue weighted by Crippen LogP contribution is 2.60. The first kappa shape index (κ1) is 13.6. The molecule has 2 N–H and O–H groups in total. The predicted octanol–water partition coefficient (Wildman–Crippen LogP) is 2.70. The summed E-state index contributed by atoms with van der Waals surface area (Å²) in [6.07, 6.45) is 7.23. The summed E-state index contributed by atoms with van der Waals surface area (Å²) in [6, 6.07) is 0. The molecule has 0 amide bonds. The molecule has 3 aliphatic carbocycles. The van der Waals surface area contributed by atoms with Gasteiger partial charge in [0, 0.05) is 12.2 Å². The Bertz CT molecular complexity index is 323. The van der Waals surface area contributed by atoms with Gasteiger partial charge in [-0.05, 0) is 68.6 Å². The van der Waals surface area contributed by atoms with Crippen LogP contribution < -0.4 is 0 Å². The van der Waals surface area contributed by atoms with Crippen LogP contribution in [-0.2, 0) is 4.79 Å². The zero-order chi connectivity index (χ0) is 13.3. The van der Waals surface area contributed by atoms with E-state index < -0.39 is 5.97 Å². The lowest BCUT2D eigenvalue weighted by atomic mass is 9.78. The molecule has 0 aromatic heterocycles. The summed E-state index contributed by atoms with van der Waals surface area (Å²) in [5.74, 6) is 3.80.